The quantitative estimate of drug-likeness (QED) is 0.570. The molecule has 142 valence electrons. The summed E-state index contributed by atoms with van der Waals surface area (Å²) >= 11 is 0. The van der Waals surface area contributed by atoms with Crippen molar-refractivity contribution in [3.8, 4) is 0 Å². The monoisotopic (exact) mass is 360 g/mol. The van der Waals surface area contributed by atoms with Crippen molar-refractivity contribution in [1.29, 1.82) is 0 Å². The smallest absolute Gasteiger partial charge is 0.221 e. The molecule has 0 bridgehead atoms. The van der Waals surface area contributed by atoms with E-state index in [1.807, 2.05) is 60.7 Å². The van der Waals surface area contributed by atoms with Gasteiger partial charge in [-0.1, -0.05) is 67.6 Å². The maximum atomic E-state index is 15.1. The predicted octanol–water partition coefficient (Wildman–Crippen LogP) is 3.43. The molecule has 0 heterocycles. The minimum Gasteiger partial charge on any atom is -0.378 e. The van der Waals surface area contributed by atoms with Crippen molar-refractivity contribution in [3.05, 3.63) is 71.8 Å². The van der Waals surface area contributed by atoms with Crippen molar-refractivity contribution >= 4 is 0 Å². The highest BCUT2D eigenvalue weighted by molar-refractivity contribution is 5.31. The number of halogens is 1. The Morgan fingerprint density at radius 2 is 1.54 bits per heavy atom. The van der Waals surface area contributed by atoms with Crippen molar-refractivity contribution in [2.45, 2.75) is 25.2 Å². The van der Waals surface area contributed by atoms with E-state index < -0.39 is 5.85 Å². The fourth-order valence-corrected chi connectivity index (χ4v) is 2.72. The average molecular weight is 360 g/mol. The van der Waals surface area contributed by atoms with Crippen molar-refractivity contribution in [3.63, 3.8) is 0 Å². The molecule has 0 aromatic heterocycles. The number of rotatable bonds is 12. The van der Waals surface area contributed by atoms with Gasteiger partial charge in [0, 0.05) is 13.0 Å². The number of nitrogens with two attached hydrogens (primary N) is 1. The van der Waals surface area contributed by atoms with Crippen LogP contribution < -0.4 is 11.1 Å². The molecule has 0 saturated heterocycles. The molecule has 3 N–H and O–H groups in total. The van der Waals surface area contributed by atoms with Gasteiger partial charge in [-0.3, -0.25) is 0 Å². The number of benzene rings is 2. The first kappa shape index (κ1) is 20.5. The maximum absolute atomic E-state index is 15.1. The summed E-state index contributed by atoms with van der Waals surface area (Å²) in [5.74, 6) is -1.74. The van der Waals surface area contributed by atoms with Gasteiger partial charge in [-0.05, 0) is 11.1 Å². The molecule has 2 aromatic carbocycles. The highest BCUT2D eigenvalue weighted by Gasteiger charge is 2.29. The lowest BCUT2D eigenvalue weighted by molar-refractivity contribution is -0.154. The zero-order chi connectivity index (χ0) is 18.7. The normalized spacial score (nSPS) is 13.7. The summed E-state index contributed by atoms with van der Waals surface area (Å²) in [6.07, 6.45) is 0.257. The fourth-order valence-electron chi connectivity index (χ4n) is 2.72. The highest BCUT2D eigenvalue weighted by Crippen LogP contribution is 2.24. The second kappa shape index (κ2) is 11.0. The first-order valence-corrected chi connectivity index (χ1v) is 9.12. The van der Waals surface area contributed by atoms with E-state index >= 15 is 4.39 Å². The van der Waals surface area contributed by atoms with Gasteiger partial charge in [0.15, 0.2) is 0 Å². The molecule has 26 heavy (non-hydrogen) atoms. The van der Waals surface area contributed by atoms with Gasteiger partial charge in [0.2, 0.25) is 5.85 Å². The summed E-state index contributed by atoms with van der Waals surface area (Å²) in [5.41, 5.74) is 7.54. The zero-order valence-electron chi connectivity index (χ0n) is 15.4. The molecule has 0 saturated carbocycles. The van der Waals surface area contributed by atoms with Gasteiger partial charge in [0.05, 0.1) is 32.4 Å². The molecule has 0 aliphatic carbocycles. The van der Waals surface area contributed by atoms with E-state index in [0.717, 1.165) is 11.1 Å². The third-order valence-electron chi connectivity index (χ3n) is 4.21. The van der Waals surface area contributed by atoms with Crippen molar-refractivity contribution < 1.29 is 13.9 Å². The molecule has 0 amide bonds. The first-order valence-electron chi connectivity index (χ1n) is 9.12. The molecule has 2 aromatic rings. The van der Waals surface area contributed by atoms with Gasteiger partial charge in [-0.2, -0.15) is 0 Å². The summed E-state index contributed by atoms with van der Waals surface area (Å²) in [5, 5.41) is 3.34. The van der Waals surface area contributed by atoms with Crippen LogP contribution in [0.4, 0.5) is 4.39 Å². The second-order valence-corrected chi connectivity index (χ2v) is 6.12. The molecule has 0 aliphatic heterocycles. The minimum atomic E-state index is -1.74. The van der Waals surface area contributed by atoms with E-state index in [4.69, 9.17) is 15.2 Å². The number of hydrogen-bond acceptors (Lipinski definition) is 4. The molecule has 5 heteroatoms. The van der Waals surface area contributed by atoms with Crippen LogP contribution in [-0.4, -0.2) is 38.8 Å². The Morgan fingerprint density at radius 3 is 2.04 bits per heavy atom. The van der Waals surface area contributed by atoms with Crippen molar-refractivity contribution in [2.75, 3.05) is 32.9 Å². The molecule has 1 unspecified atom stereocenters. The molecular weight excluding hydrogens is 331 g/mol. The zero-order valence-corrected chi connectivity index (χ0v) is 15.4. The van der Waals surface area contributed by atoms with Gasteiger partial charge in [-0.15, -0.1) is 0 Å². The van der Waals surface area contributed by atoms with Crippen LogP contribution in [0, 0.1) is 0 Å². The summed E-state index contributed by atoms with van der Waals surface area (Å²) in [6, 6.07) is 20.0. The van der Waals surface area contributed by atoms with E-state index in [1.54, 1.807) is 6.92 Å². The van der Waals surface area contributed by atoms with Gasteiger partial charge in [0.25, 0.3) is 0 Å². The topological polar surface area (TPSA) is 56.5 Å². The standard InChI is InChI=1S/C21H29FN2O2/c1-2-21(22,26-16-15-25-14-13-23)17-24-20(18-9-5-3-6-10-18)19-11-7-4-8-12-19/h3-12,20,24H,2,13-17,23H2,1H3. The molecule has 4 nitrogen and oxygen atoms in total. The third kappa shape index (κ3) is 6.50. The largest absolute Gasteiger partial charge is 0.378 e. The number of ether oxygens (including phenoxy) is 2. The summed E-state index contributed by atoms with van der Waals surface area (Å²) in [6.45, 7) is 3.32. The molecule has 0 spiro atoms. The Morgan fingerprint density at radius 1 is 0.962 bits per heavy atom. The van der Waals surface area contributed by atoms with Crippen LogP contribution in [0.1, 0.15) is 30.5 Å². The van der Waals surface area contributed by atoms with E-state index in [2.05, 4.69) is 5.32 Å². The molecule has 0 radical (unpaired) electrons. The number of hydrogen-bond donors (Lipinski definition) is 2. The number of alkyl halides is 1. The molecule has 2 rings (SSSR count). The van der Waals surface area contributed by atoms with Gasteiger partial charge in [-0.25, -0.2) is 4.39 Å². The summed E-state index contributed by atoms with van der Waals surface area (Å²) in [4.78, 5) is 0. The van der Waals surface area contributed by atoms with Gasteiger partial charge < -0.3 is 20.5 Å². The third-order valence-corrected chi connectivity index (χ3v) is 4.21. The minimum absolute atomic E-state index is 0.0921. The Balaban J connectivity index is 2.01. The molecule has 0 fully saturated rings. The first-order chi connectivity index (χ1) is 12.7. The Bertz CT molecular complexity index is 572. The highest BCUT2D eigenvalue weighted by atomic mass is 19.2. The molecular formula is C21H29FN2O2. The number of nitrogens with one attached hydrogen (secondary N) is 1. The van der Waals surface area contributed by atoms with E-state index in [-0.39, 0.29) is 25.6 Å². The lowest BCUT2D eigenvalue weighted by Gasteiger charge is -2.28. The Hall–Kier alpha value is -1.79. The van der Waals surface area contributed by atoms with E-state index in [9.17, 15) is 0 Å². The van der Waals surface area contributed by atoms with Crippen LogP contribution in [0.3, 0.4) is 0 Å². The average Bonchev–Trinajstić information content (AvgIpc) is 2.70. The Kier molecular flexibility index (Phi) is 8.71. The van der Waals surface area contributed by atoms with Crippen LogP contribution in [0.5, 0.6) is 0 Å². The van der Waals surface area contributed by atoms with Crippen LogP contribution in [0.2, 0.25) is 0 Å². The van der Waals surface area contributed by atoms with Gasteiger partial charge in [0.1, 0.15) is 0 Å². The van der Waals surface area contributed by atoms with Crippen LogP contribution in [0.15, 0.2) is 60.7 Å². The lowest BCUT2D eigenvalue weighted by Crippen LogP contribution is -2.41. The molecule has 0 aliphatic rings. The summed E-state index contributed by atoms with van der Waals surface area (Å²) in [7, 11) is 0. The SMILES string of the molecule is CCC(F)(CNC(c1ccccc1)c1ccccc1)OCCOCCN. The Labute approximate surface area is 155 Å². The lowest BCUT2D eigenvalue weighted by atomic mass is 9.98. The predicted molar refractivity (Wildman–Crippen MR) is 103 cm³/mol. The van der Waals surface area contributed by atoms with Gasteiger partial charge >= 0.3 is 0 Å². The maximum Gasteiger partial charge on any atom is 0.221 e. The summed E-state index contributed by atoms with van der Waals surface area (Å²) < 4.78 is 25.8. The van der Waals surface area contributed by atoms with Crippen LogP contribution in [0.25, 0.3) is 0 Å². The van der Waals surface area contributed by atoms with Crippen molar-refractivity contribution in [2.24, 2.45) is 5.73 Å². The molecule has 1 atom stereocenters. The van der Waals surface area contributed by atoms with E-state index in [0.29, 0.717) is 19.8 Å². The fraction of sp³-hybridized carbons (Fsp3) is 0.429. The second-order valence-electron chi connectivity index (χ2n) is 6.12. The van der Waals surface area contributed by atoms with E-state index in [1.165, 1.54) is 0 Å². The van der Waals surface area contributed by atoms with Crippen LogP contribution in [-0.2, 0) is 9.47 Å². The van der Waals surface area contributed by atoms with Crippen LogP contribution >= 0.6 is 0 Å². The van der Waals surface area contributed by atoms with Crippen molar-refractivity contribution in [1.82, 2.24) is 5.32 Å².